The van der Waals surface area contributed by atoms with Gasteiger partial charge in [0.15, 0.2) is 0 Å². The normalized spacial score (nSPS) is 19.2. The number of carbonyl (C=O) groups excluding carboxylic acids is 2. The van der Waals surface area contributed by atoms with E-state index in [0.29, 0.717) is 19.6 Å². The van der Waals surface area contributed by atoms with Gasteiger partial charge in [0.2, 0.25) is 11.8 Å². The Labute approximate surface area is 132 Å². The van der Waals surface area contributed by atoms with Crippen LogP contribution in [0, 0.1) is 0 Å². The van der Waals surface area contributed by atoms with Crippen LogP contribution in [0.2, 0.25) is 0 Å². The number of thiophene rings is 1. The van der Waals surface area contributed by atoms with E-state index in [9.17, 15) is 9.59 Å². The molecule has 2 amide bonds. The molecule has 1 fully saturated rings. The molecule has 1 aromatic heterocycles. The molecule has 1 saturated heterocycles. The molecule has 122 valence electrons. The van der Waals surface area contributed by atoms with E-state index in [1.54, 1.807) is 11.3 Å². The molecule has 1 aliphatic heterocycles. The fourth-order valence-corrected chi connectivity index (χ4v) is 3.12. The Morgan fingerprint density at radius 3 is 2.91 bits per heavy atom. The molecule has 1 atom stereocenters. The molecule has 2 heterocycles. The third kappa shape index (κ3) is 4.51. The van der Waals surface area contributed by atoms with Gasteiger partial charge in [0, 0.05) is 24.5 Å². The lowest BCUT2D eigenvalue weighted by Crippen LogP contribution is -2.56. The summed E-state index contributed by atoms with van der Waals surface area (Å²) >= 11 is 1.62. The number of hydrogen-bond donors (Lipinski definition) is 4. The SMILES string of the molecule is O=C(C[C@H]1C(=O)NCCN1Cc1cccs1)NC(CO)CO. The molecule has 0 bridgehead atoms. The zero-order valence-corrected chi connectivity index (χ0v) is 13.0. The van der Waals surface area contributed by atoms with Crippen LogP contribution in [0.15, 0.2) is 17.5 Å². The summed E-state index contributed by atoms with van der Waals surface area (Å²) in [5.74, 6) is -0.520. The van der Waals surface area contributed by atoms with Gasteiger partial charge in [0.05, 0.1) is 31.7 Å². The first-order valence-corrected chi connectivity index (χ1v) is 8.07. The van der Waals surface area contributed by atoms with Gasteiger partial charge < -0.3 is 20.8 Å². The summed E-state index contributed by atoms with van der Waals surface area (Å²) in [6, 6.07) is 2.74. The molecule has 0 spiro atoms. The Balaban J connectivity index is 1.97. The van der Waals surface area contributed by atoms with Crippen molar-refractivity contribution in [2.75, 3.05) is 26.3 Å². The minimum absolute atomic E-state index is 0.00765. The summed E-state index contributed by atoms with van der Waals surface area (Å²) in [4.78, 5) is 27.2. The Morgan fingerprint density at radius 1 is 1.50 bits per heavy atom. The lowest BCUT2D eigenvalue weighted by atomic mass is 10.1. The first-order chi connectivity index (χ1) is 10.6. The van der Waals surface area contributed by atoms with Crippen LogP contribution in [-0.4, -0.2) is 65.3 Å². The second kappa shape index (κ2) is 8.23. The largest absolute Gasteiger partial charge is 0.394 e. The minimum Gasteiger partial charge on any atom is -0.394 e. The van der Waals surface area contributed by atoms with E-state index < -0.39 is 12.1 Å². The van der Waals surface area contributed by atoms with Crippen molar-refractivity contribution >= 4 is 23.2 Å². The van der Waals surface area contributed by atoms with Crippen LogP contribution in [0.3, 0.4) is 0 Å². The molecule has 0 unspecified atom stereocenters. The van der Waals surface area contributed by atoms with Crippen molar-refractivity contribution < 1.29 is 19.8 Å². The average molecular weight is 327 g/mol. The van der Waals surface area contributed by atoms with E-state index in [2.05, 4.69) is 10.6 Å². The van der Waals surface area contributed by atoms with E-state index in [4.69, 9.17) is 10.2 Å². The van der Waals surface area contributed by atoms with Crippen molar-refractivity contribution in [1.29, 1.82) is 0 Å². The van der Waals surface area contributed by atoms with Gasteiger partial charge in [-0.15, -0.1) is 11.3 Å². The average Bonchev–Trinajstić information content (AvgIpc) is 3.01. The van der Waals surface area contributed by atoms with E-state index in [0.717, 1.165) is 4.88 Å². The Kier molecular flexibility index (Phi) is 6.32. The number of rotatable bonds is 7. The van der Waals surface area contributed by atoms with Gasteiger partial charge in [-0.05, 0) is 11.4 Å². The lowest BCUT2D eigenvalue weighted by molar-refractivity contribution is -0.134. The number of aliphatic hydroxyl groups excluding tert-OH is 2. The first kappa shape index (κ1) is 16.9. The highest BCUT2D eigenvalue weighted by Gasteiger charge is 2.32. The molecule has 0 aliphatic carbocycles. The molecular weight excluding hydrogens is 306 g/mol. The Bertz CT molecular complexity index is 490. The van der Waals surface area contributed by atoms with Gasteiger partial charge in [-0.2, -0.15) is 0 Å². The highest BCUT2D eigenvalue weighted by atomic mass is 32.1. The van der Waals surface area contributed by atoms with Crippen LogP contribution in [0.5, 0.6) is 0 Å². The molecule has 0 aromatic carbocycles. The maximum Gasteiger partial charge on any atom is 0.237 e. The standard InChI is InChI=1S/C14H21N3O4S/c18-8-10(9-19)16-13(20)6-12-14(21)15-3-4-17(12)7-11-2-1-5-22-11/h1-2,5,10,12,18-19H,3-4,6-9H2,(H,15,21)(H,16,20)/t12-/m0/s1. The van der Waals surface area contributed by atoms with Crippen molar-refractivity contribution in [2.24, 2.45) is 0 Å². The van der Waals surface area contributed by atoms with Gasteiger partial charge in [0.1, 0.15) is 0 Å². The van der Waals surface area contributed by atoms with Gasteiger partial charge in [-0.1, -0.05) is 6.07 Å². The summed E-state index contributed by atoms with van der Waals surface area (Å²) in [5.41, 5.74) is 0. The van der Waals surface area contributed by atoms with Crippen LogP contribution in [0.25, 0.3) is 0 Å². The maximum absolute atomic E-state index is 12.1. The molecule has 2 rings (SSSR count). The summed E-state index contributed by atoms with van der Waals surface area (Å²) in [6.07, 6.45) is 0.00765. The van der Waals surface area contributed by atoms with Crippen LogP contribution < -0.4 is 10.6 Å². The number of hydrogen-bond acceptors (Lipinski definition) is 6. The third-order valence-corrected chi connectivity index (χ3v) is 4.43. The maximum atomic E-state index is 12.1. The lowest BCUT2D eigenvalue weighted by Gasteiger charge is -2.34. The number of nitrogens with zero attached hydrogens (tertiary/aromatic N) is 1. The molecule has 22 heavy (non-hydrogen) atoms. The highest BCUT2D eigenvalue weighted by molar-refractivity contribution is 7.09. The number of nitrogens with one attached hydrogen (secondary N) is 2. The first-order valence-electron chi connectivity index (χ1n) is 7.19. The fourth-order valence-electron chi connectivity index (χ4n) is 2.39. The van der Waals surface area contributed by atoms with Crippen molar-refractivity contribution in [3.8, 4) is 0 Å². The number of aliphatic hydroxyl groups is 2. The summed E-state index contributed by atoms with van der Waals surface area (Å²) in [6.45, 7) is 1.21. The van der Waals surface area contributed by atoms with Gasteiger partial charge in [0.25, 0.3) is 0 Å². The molecule has 0 radical (unpaired) electrons. The van der Waals surface area contributed by atoms with E-state index in [-0.39, 0.29) is 31.4 Å². The monoisotopic (exact) mass is 327 g/mol. The minimum atomic E-state index is -0.690. The van der Waals surface area contributed by atoms with Crippen LogP contribution in [0.1, 0.15) is 11.3 Å². The van der Waals surface area contributed by atoms with Gasteiger partial charge in [-0.25, -0.2) is 0 Å². The topological polar surface area (TPSA) is 102 Å². The molecule has 4 N–H and O–H groups in total. The molecule has 0 saturated carbocycles. The van der Waals surface area contributed by atoms with Crippen molar-refractivity contribution in [2.45, 2.75) is 25.0 Å². The second-order valence-corrected chi connectivity index (χ2v) is 6.22. The van der Waals surface area contributed by atoms with Crippen molar-refractivity contribution in [3.05, 3.63) is 22.4 Å². The molecule has 8 heteroatoms. The molecule has 1 aromatic rings. The van der Waals surface area contributed by atoms with Crippen molar-refractivity contribution in [3.63, 3.8) is 0 Å². The number of amides is 2. The predicted octanol–water partition coefficient (Wildman–Crippen LogP) is -1.09. The van der Waals surface area contributed by atoms with Gasteiger partial charge >= 0.3 is 0 Å². The Morgan fingerprint density at radius 2 is 2.27 bits per heavy atom. The molecular formula is C14H21N3O4S. The number of piperazine rings is 1. The molecule has 7 nitrogen and oxygen atoms in total. The van der Waals surface area contributed by atoms with Gasteiger partial charge in [-0.3, -0.25) is 14.5 Å². The van der Waals surface area contributed by atoms with E-state index in [1.807, 2.05) is 22.4 Å². The van der Waals surface area contributed by atoms with Crippen LogP contribution in [0.4, 0.5) is 0 Å². The van der Waals surface area contributed by atoms with Crippen LogP contribution >= 0.6 is 11.3 Å². The predicted molar refractivity (Wildman–Crippen MR) is 82.2 cm³/mol. The zero-order valence-electron chi connectivity index (χ0n) is 12.2. The summed E-state index contributed by atoms with van der Waals surface area (Å²) in [7, 11) is 0. The van der Waals surface area contributed by atoms with E-state index in [1.165, 1.54) is 0 Å². The molecule has 1 aliphatic rings. The van der Waals surface area contributed by atoms with Crippen LogP contribution in [-0.2, 0) is 16.1 Å². The fraction of sp³-hybridized carbons (Fsp3) is 0.571. The third-order valence-electron chi connectivity index (χ3n) is 3.57. The van der Waals surface area contributed by atoms with Crippen molar-refractivity contribution in [1.82, 2.24) is 15.5 Å². The zero-order chi connectivity index (χ0) is 15.9. The second-order valence-electron chi connectivity index (χ2n) is 5.19. The smallest absolute Gasteiger partial charge is 0.237 e. The van der Waals surface area contributed by atoms with E-state index >= 15 is 0 Å². The summed E-state index contributed by atoms with van der Waals surface area (Å²) < 4.78 is 0. The number of carbonyl (C=O) groups is 2. The highest BCUT2D eigenvalue weighted by Crippen LogP contribution is 2.17. The summed E-state index contributed by atoms with van der Waals surface area (Å²) in [5, 5.41) is 25.3. The quantitative estimate of drug-likeness (QED) is 0.510. The Hall–Kier alpha value is -1.48.